The lowest BCUT2D eigenvalue weighted by atomic mass is 10.0. The second-order valence-electron chi connectivity index (χ2n) is 5.77. The Morgan fingerprint density at radius 3 is 2.95 bits per heavy atom. The molecule has 1 aromatic rings. The summed E-state index contributed by atoms with van der Waals surface area (Å²) in [5, 5.41) is 2.98. The molecule has 0 aromatic heterocycles. The van der Waals surface area contributed by atoms with E-state index in [0.717, 1.165) is 37.8 Å². The third-order valence-electron chi connectivity index (χ3n) is 4.47. The topological polar surface area (TPSA) is 64.3 Å². The van der Waals surface area contributed by atoms with Crippen LogP contribution in [0.15, 0.2) is 24.3 Å². The van der Waals surface area contributed by atoms with E-state index in [1.807, 2.05) is 18.2 Å². The van der Waals surface area contributed by atoms with E-state index in [1.54, 1.807) is 0 Å². The minimum Gasteiger partial charge on any atom is -0.365 e. The van der Waals surface area contributed by atoms with Gasteiger partial charge in [0.15, 0.2) is 0 Å². The predicted molar refractivity (Wildman–Crippen MR) is 78.4 cm³/mol. The Morgan fingerprint density at radius 2 is 2.10 bits per heavy atom. The fourth-order valence-electron chi connectivity index (χ4n) is 3.28. The minimum absolute atomic E-state index is 0.0161. The lowest BCUT2D eigenvalue weighted by molar-refractivity contribution is -0.133. The van der Waals surface area contributed by atoms with Gasteiger partial charge in [0.05, 0.1) is 6.10 Å². The highest BCUT2D eigenvalue weighted by atomic mass is 16.5. The van der Waals surface area contributed by atoms with Crippen LogP contribution in [-0.2, 0) is 16.0 Å². The molecule has 0 radical (unpaired) electrons. The molecule has 4 heteroatoms. The van der Waals surface area contributed by atoms with Gasteiger partial charge in [-0.25, -0.2) is 0 Å². The summed E-state index contributed by atoms with van der Waals surface area (Å²) in [5.74, 6) is 0.394. The van der Waals surface area contributed by atoms with Crippen molar-refractivity contribution >= 4 is 11.6 Å². The number of ether oxygens (including phenoxy) is 1. The quantitative estimate of drug-likeness (QED) is 0.887. The number of para-hydroxylation sites is 1. The maximum Gasteiger partial charge on any atom is 0.253 e. The van der Waals surface area contributed by atoms with Crippen LogP contribution in [0.1, 0.15) is 31.2 Å². The Hall–Kier alpha value is -1.39. The van der Waals surface area contributed by atoms with Gasteiger partial charge in [-0.1, -0.05) is 24.6 Å². The number of fused-ring (bicyclic) bond motifs is 1. The summed E-state index contributed by atoms with van der Waals surface area (Å²) in [5.41, 5.74) is 7.89. The van der Waals surface area contributed by atoms with Gasteiger partial charge in [-0.2, -0.15) is 0 Å². The van der Waals surface area contributed by atoms with E-state index >= 15 is 0 Å². The van der Waals surface area contributed by atoms with E-state index < -0.39 is 0 Å². The first-order valence-electron chi connectivity index (χ1n) is 7.52. The van der Waals surface area contributed by atoms with Crippen molar-refractivity contribution in [3.63, 3.8) is 0 Å². The van der Waals surface area contributed by atoms with Gasteiger partial charge < -0.3 is 15.8 Å². The van der Waals surface area contributed by atoms with Crippen LogP contribution in [0.25, 0.3) is 0 Å². The molecule has 20 heavy (non-hydrogen) atoms. The fourth-order valence-corrected chi connectivity index (χ4v) is 3.28. The van der Waals surface area contributed by atoms with Gasteiger partial charge in [-0.15, -0.1) is 0 Å². The average molecular weight is 274 g/mol. The number of benzene rings is 1. The van der Waals surface area contributed by atoms with Crippen LogP contribution < -0.4 is 11.1 Å². The van der Waals surface area contributed by atoms with Gasteiger partial charge in [0, 0.05) is 5.69 Å². The molecule has 4 nitrogen and oxygen atoms in total. The standard InChI is InChI=1S/C16H22N2O2/c17-10-12-5-3-7-14(12)20-15-9-8-11-4-1-2-6-13(11)18-16(15)19/h1-2,4,6,12,14-15H,3,5,7-10,17H2,(H,18,19). The number of nitrogens with two attached hydrogens (primary N) is 1. The third-order valence-corrected chi connectivity index (χ3v) is 4.47. The van der Waals surface area contributed by atoms with E-state index in [0.29, 0.717) is 12.5 Å². The molecule has 0 bridgehead atoms. The van der Waals surface area contributed by atoms with Crippen molar-refractivity contribution < 1.29 is 9.53 Å². The second-order valence-corrected chi connectivity index (χ2v) is 5.77. The molecule has 0 spiro atoms. The molecule has 0 saturated heterocycles. The monoisotopic (exact) mass is 274 g/mol. The van der Waals surface area contributed by atoms with Gasteiger partial charge >= 0.3 is 0 Å². The van der Waals surface area contributed by atoms with Crippen LogP contribution in [0.3, 0.4) is 0 Å². The Morgan fingerprint density at radius 1 is 1.25 bits per heavy atom. The number of hydrogen-bond acceptors (Lipinski definition) is 3. The zero-order valence-electron chi connectivity index (χ0n) is 11.7. The molecule has 3 unspecified atom stereocenters. The molecular formula is C16H22N2O2. The van der Waals surface area contributed by atoms with Crippen molar-refractivity contribution in [1.29, 1.82) is 0 Å². The van der Waals surface area contributed by atoms with Crippen molar-refractivity contribution in [1.82, 2.24) is 0 Å². The minimum atomic E-state index is -0.348. The Bertz CT molecular complexity index is 489. The Balaban J connectivity index is 1.68. The van der Waals surface area contributed by atoms with Crippen LogP contribution in [-0.4, -0.2) is 24.7 Å². The van der Waals surface area contributed by atoms with E-state index in [-0.39, 0.29) is 18.1 Å². The van der Waals surface area contributed by atoms with Gasteiger partial charge in [0.2, 0.25) is 0 Å². The third kappa shape index (κ3) is 2.72. The van der Waals surface area contributed by atoms with Crippen LogP contribution in [0.5, 0.6) is 0 Å². The Kier molecular flexibility index (Phi) is 4.03. The molecule has 1 saturated carbocycles. The average Bonchev–Trinajstić information content (AvgIpc) is 2.85. The van der Waals surface area contributed by atoms with Crippen molar-refractivity contribution in [3.8, 4) is 0 Å². The Labute approximate surface area is 119 Å². The first-order chi connectivity index (χ1) is 9.78. The normalized spacial score (nSPS) is 29.6. The number of aryl methyl sites for hydroxylation is 1. The van der Waals surface area contributed by atoms with Gasteiger partial charge in [-0.05, 0) is 49.8 Å². The maximum absolute atomic E-state index is 12.3. The number of rotatable bonds is 3. The fraction of sp³-hybridized carbons (Fsp3) is 0.562. The molecule has 3 rings (SSSR count). The second kappa shape index (κ2) is 5.94. The first-order valence-corrected chi connectivity index (χ1v) is 7.52. The highest BCUT2D eigenvalue weighted by Gasteiger charge is 2.32. The molecule has 108 valence electrons. The summed E-state index contributed by atoms with van der Waals surface area (Å²) < 4.78 is 6.09. The molecule has 3 N–H and O–H groups in total. The molecular weight excluding hydrogens is 252 g/mol. The first kappa shape index (κ1) is 13.6. The summed E-state index contributed by atoms with van der Waals surface area (Å²) in [7, 11) is 0. The van der Waals surface area contributed by atoms with Crippen molar-refractivity contribution in [2.45, 2.75) is 44.3 Å². The predicted octanol–water partition coefficient (Wildman–Crippen LogP) is 2.08. The lowest BCUT2D eigenvalue weighted by Gasteiger charge is -2.23. The largest absolute Gasteiger partial charge is 0.365 e. The van der Waals surface area contributed by atoms with E-state index in [1.165, 1.54) is 5.56 Å². The number of amides is 1. The summed E-state index contributed by atoms with van der Waals surface area (Å²) in [6.07, 6.45) is 4.72. The van der Waals surface area contributed by atoms with E-state index in [4.69, 9.17) is 10.5 Å². The lowest BCUT2D eigenvalue weighted by Crippen LogP contribution is -2.36. The number of anilines is 1. The van der Waals surface area contributed by atoms with Crippen molar-refractivity contribution in [2.75, 3.05) is 11.9 Å². The SMILES string of the molecule is NCC1CCCC1OC1CCc2ccccc2NC1=O. The zero-order valence-corrected chi connectivity index (χ0v) is 11.7. The molecule has 1 aliphatic carbocycles. The van der Waals surface area contributed by atoms with Crippen molar-refractivity contribution in [2.24, 2.45) is 11.7 Å². The number of hydrogen-bond donors (Lipinski definition) is 2. The van der Waals surface area contributed by atoms with Crippen LogP contribution in [0, 0.1) is 5.92 Å². The summed E-state index contributed by atoms with van der Waals surface area (Å²) in [6, 6.07) is 7.97. The highest BCUT2D eigenvalue weighted by molar-refractivity contribution is 5.95. The molecule has 1 aliphatic heterocycles. The zero-order chi connectivity index (χ0) is 13.9. The maximum atomic E-state index is 12.3. The van der Waals surface area contributed by atoms with Gasteiger partial charge in [0.1, 0.15) is 6.10 Å². The van der Waals surface area contributed by atoms with Crippen LogP contribution >= 0.6 is 0 Å². The van der Waals surface area contributed by atoms with E-state index in [9.17, 15) is 4.79 Å². The molecule has 2 aliphatic rings. The molecule has 1 heterocycles. The number of nitrogens with one attached hydrogen (secondary N) is 1. The molecule has 1 fully saturated rings. The van der Waals surface area contributed by atoms with Gasteiger partial charge in [0.25, 0.3) is 5.91 Å². The molecule has 1 aromatic carbocycles. The smallest absolute Gasteiger partial charge is 0.253 e. The summed E-state index contributed by atoms with van der Waals surface area (Å²) >= 11 is 0. The summed E-state index contributed by atoms with van der Waals surface area (Å²) in [4.78, 5) is 12.3. The summed E-state index contributed by atoms with van der Waals surface area (Å²) in [6.45, 7) is 0.652. The van der Waals surface area contributed by atoms with Crippen LogP contribution in [0.4, 0.5) is 5.69 Å². The highest BCUT2D eigenvalue weighted by Crippen LogP contribution is 2.30. The van der Waals surface area contributed by atoms with Crippen LogP contribution in [0.2, 0.25) is 0 Å². The number of carbonyl (C=O) groups is 1. The van der Waals surface area contributed by atoms with Crippen molar-refractivity contribution in [3.05, 3.63) is 29.8 Å². The van der Waals surface area contributed by atoms with E-state index in [2.05, 4.69) is 11.4 Å². The number of carbonyl (C=O) groups excluding carboxylic acids is 1. The molecule has 3 atom stereocenters. The van der Waals surface area contributed by atoms with Gasteiger partial charge in [-0.3, -0.25) is 4.79 Å². The molecule has 1 amide bonds.